The van der Waals surface area contributed by atoms with Crippen LogP contribution >= 0.6 is 35.6 Å². The normalized spacial score (nSPS) is 15.2. The Morgan fingerprint density at radius 1 is 1.35 bits per heavy atom. The van der Waals surface area contributed by atoms with Crippen LogP contribution in [0.25, 0.3) is 0 Å². The molecule has 1 aromatic carbocycles. The van der Waals surface area contributed by atoms with Crippen molar-refractivity contribution < 1.29 is 9.53 Å². The lowest BCUT2D eigenvalue weighted by molar-refractivity contribution is -0.132. The first-order valence-electron chi connectivity index (χ1n) is 7.63. The monoisotopic (exact) mass is 380 g/mol. The molecule has 0 radical (unpaired) electrons. The number of ether oxygens (including phenoxy) is 1. The summed E-state index contributed by atoms with van der Waals surface area (Å²) >= 11 is 11.9. The molecule has 0 aromatic heterocycles. The van der Waals surface area contributed by atoms with Gasteiger partial charge in [-0.15, -0.1) is 12.4 Å². The predicted molar refractivity (Wildman–Crippen MR) is 97.1 cm³/mol. The van der Waals surface area contributed by atoms with E-state index in [0.717, 1.165) is 25.9 Å². The van der Waals surface area contributed by atoms with Crippen molar-refractivity contribution in [3.8, 4) is 5.75 Å². The van der Waals surface area contributed by atoms with Crippen LogP contribution in [0.5, 0.6) is 5.75 Å². The van der Waals surface area contributed by atoms with E-state index in [1.165, 1.54) is 0 Å². The molecular formula is C16H23Cl3N2O2. The number of rotatable bonds is 6. The van der Waals surface area contributed by atoms with Crippen molar-refractivity contribution in [2.75, 3.05) is 26.7 Å². The van der Waals surface area contributed by atoms with E-state index in [9.17, 15) is 4.79 Å². The minimum atomic E-state index is 0. The van der Waals surface area contributed by atoms with Crippen molar-refractivity contribution in [2.45, 2.75) is 31.7 Å². The molecule has 0 spiro atoms. The van der Waals surface area contributed by atoms with Gasteiger partial charge >= 0.3 is 0 Å². The molecule has 7 heteroatoms. The Hall–Kier alpha value is -0.680. The van der Waals surface area contributed by atoms with E-state index in [1.54, 1.807) is 18.2 Å². The molecule has 1 fully saturated rings. The Balaban J connectivity index is 0.00000264. The molecular weight excluding hydrogens is 359 g/mol. The quantitative estimate of drug-likeness (QED) is 0.762. The minimum Gasteiger partial charge on any atom is -0.492 e. The SMILES string of the molecule is CNC1CCN(C(=O)CCCOc2ccc(Cl)cc2Cl)CC1.Cl. The highest BCUT2D eigenvalue weighted by Crippen LogP contribution is 2.27. The third kappa shape index (κ3) is 6.38. The van der Waals surface area contributed by atoms with E-state index >= 15 is 0 Å². The first-order chi connectivity index (χ1) is 10.6. The topological polar surface area (TPSA) is 41.6 Å². The van der Waals surface area contributed by atoms with Crippen LogP contribution in [-0.4, -0.2) is 43.6 Å². The van der Waals surface area contributed by atoms with Crippen molar-refractivity contribution in [2.24, 2.45) is 0 Å². The Labute approximate surface area is 153 Å². The lowest BCUT2D eigenvalue weighted by Gasteiger charge is -2.31. The average molecular weight is 382 g/mol. The van der Waals surface area contributed by atoms with Crippen LogP contribution in [0.3, 0.4) is 0 Å². The van der Waals surface area contributed by atoms with Gasteiger partial charge in [-0.2, -0.15) is 0 Å². The van der Waals surface area contributed by atoms with Crippen LogP contribution in [0.15, 0.2) is 18.2 Å². The molecule has 1 saturated heterocycles. The maximum absolute atomic E-state index is 12.1. The van der Waals surface area contributed by atoms with Gasteiger partial charge in [-0.1, -0.05) is 23.2 Å². The standard InChI is InChI=1S/C16H22Cl2N2O2.ClH/c1-19-13-6-8-20(9-7-13)16(21)3-2-10-22-15-5-4-12(17)11-14(15)18;/h4-5,11,13,19H,2-3,6-10H2,1H3;1H. The number of nitrogens with one attached hydrogen (secondary N) is 1. The fourth-order valence-electron chi connectivity index (χ4n) is 2.57. The molecule has 2 rings (SSSR count). The first kappa shape index (κ1) is 20.4. The summed E-state index contributed by atoms with van der Waals surface area (Å²) in [4.78, 5) is 14.1. The summed E-state index contributed by atoms with van der Waals surface area (Å²) in [6.45, 7) is 2.16. The van der Waals surface area contributed by atoms with Crippen LogP contribution in [0.4, 0.5) is 0 Å². The van der Waals surface area contributed by atoms with E-state index < -0.39 is 0 Å². The van der Waals surface area contributed by atoms with E-state index in [0.29, 0.717) is 41.3 Å². The van der Waals surface area contributed by atoms with Gasteiger partial charge in [0.25, 0.3) is 0 Å². The highest BCUT2D eigenvalue weighted by atomic mass is 35.5. The number of piperidine rings is 1. The highest BCUT2D eigenvalue weighted by Gasteiger charge is 2.21. The third-order valence-electron chi connectivity index (χ3n) is 3.94. The molecule has 1 N–H and O–H groups in total. The van der Waals surface area contributed by atoms with Crippen molar-refractivity contribution in [3.05, 3.63) is 28.2 Å². The van der Waals surface area contributed by atoms with Crippen LogP contribution in [0, 0.1) is 0 Å². The highest BCUT2D eigenvalue weighted by molar-refractivity contribution is 6.35. The number of benzene rings is 1. The second-order valence-electron chi connectivity index (χ2n) is 5.47. The fraction of sp³-hybridized carbons (Fsp3) is 0.562. The zero-order valence-electron chi connectivity index (χ0n) is 13.2. The fourth-order valence-corrected chi connectivity index (χ4v) is 3.04. The van der Waals surface area contributed by atoms with E-state index in [2.05, 4.69) is 5.32 Å². The van der Waals surface area contributed by atoms with Crippen molar-refractivity contribution in [3.63, 3.8) is 0 Å². The van der Waals surface area contributed by atoms with E-state index in [4.69, 9.17) is 27.9 Å². The molecule has 0 unspecified atom stereocenters. The lowest BCUT2D eigenvalue weighted by Crippen LogP contribution is -2.43. The van der Waals surface area contributed by atoms with Gasteiger partial charge in [0.05, 0.1) is 11.6 Å². The average Bonchev–Trinajstić information content (AvgIpc) is 2.53. The van der Waals surface area contributed by atoms with Gasteiger partial charge < -0.3 is 15.0 Å². The van der Waals surface area contributed by atoms with Gasteiger partial charge in [-0.3, -0.25) is 4.79 Å². The van der Waals surface area contributed by atoms with Crippen molar-refractivity contribution in [1.29, 1.82) is 0 Å². The Kier molecular flexibility index (Phi) is 9.07. The number of hydrogen-bond donors (Lipinski definition) is 1. The molecule has 1 aliphatic rings. The summed E-state index contributed by atoms with van der Waals surface area (Å²) in [5, 5.41) is 4.34. The molecule has 0 bridgehead atoms. The predicted octanol–water partition coefficient (Wildman–Crippen LogP) is 3.78. The smallest absolute Gasteiger partial charge is 0.222 e. The van der Waals surface area contributed by atoms with Gasteiger partial charge in [0.2, 0.25) is 5.91 Å². The molecule has 0 atom stereocenters. The number of likely N-dealkylation sites (tertiary alicyclic amines) is 1. The Morgan fingerprint density at radius 2 is 2.04 bits per heavy atom. The van der Waals surface area contributed by atoms with Gasteiger partial charge in [-0.25, -0.2) is 0 Å². The molecule has 0 aliphatic carbocycles. The van der Waals surface area contributed by atoms with Gasteiger partial charge in [0.1, 0.15) is 5.75 Å². The van der Waals surface area contributed by atoms with Crippen LogP contribution in [0.1, 0.15) is 25.7 Å². The summed E-state index contributed by atoms with van der Waals surface area (Å²) in [6.07, 6.45) is 3.25. The molecule has 1 aliphatic heterocycles. The van der Waals surface area contributed by atoms with Gasteiger partial charge in [0.15, 0.2) is 0 Å². The molecule has 130 valence electrons. The van der Waals surface area contributed by atoms with Gasteiger partial charge in [0, 0.05) is 30.6 Å². The van der Waals surface area contributed by atoms with E-state index in [1.807, 2.05) is 11.9 Å². The molecule has 1 aromatic rings. The largest absolute Gasteiger partial charge is 0.492 e. The third-order valence-corrected chi connectivity index (χ3v) is 4.47. The number of halogens is 3. The van der Waals surface area contributed by atoms with Crippen molar-refractivity contribution >= 4 is 41.5 Å². The summed E-state index contributed by atoms with van der Waals surface area (Å²) in [7, 11) is 1.97. The molecule has 23 heavy (non-hydrogen) atoms. The Morgan fingerprint density at radius 3 is 2.65 bits per heavy atom. The number of nitrogens with zero attached hydrogens (tertiary/aromatic N) is 1. The summed E-state index contributed by atoms with van der Waals surface area (Å²) in [5.74, 6) is 0.814. The molecule has 1 amide bonds. The summed E-state index contributed by atoms with van der Waals surface area (Å²) < 4.78 is 5.59. The molecule has 0 saturated carbocycles. The second-order valence-corrected chi connectivity index (χ2v) is 6.31. The summed E-state index contributed by atoms with van der Waals surface area (Å²) in [5.41, 5.74) is 0. The Bertz CT molecular complexity index is 506. The molecule has 1 heterocycles. The second kappa shape index (κ2) is 10.2. The number of hydrogen-bond acceptors (Lipinski definition) is 3. The maximum Gasteiger partial charge on any atom is 0.222 e. The minimum absolute atomic E-state index is 0. The number of carbonyl (C=O) groups excluding carboxylic acids is 1. The number of amides is 1. The van der Waals surface area contributed by atoms with E-state index in [-0.39, 0.29) is 18.3 Å². The van der Waals surface area contributed by atoms with Crippen LogP contribution in [-0.2, 0) is 4.79 Å². The zero-order valence-corrected chi connectivity index (χ0v) is 15.5. The van der Waals surface area contributed by atoms with Crippen LogP contribution < -0.4 is 10.1 Å². The number of carbonyl (C=O) groups is 1. The maximum atomic E-state index is 12.1. The first-order valence-corrected chi connectivity index (χ1v) is 8.38. The molecule has 4 nitrogen and oxygen atoms in total. The summed E-state index contributed by atoms with van der Waals surface area (Å²) in [6, 6.07) is 5.67. The lowest BCUT2D eigenvalue weighted by atomic mass is 10.0. The zero-order chi connectivity index (χ0) is 15.9. The van der Waals surface area contributed by atoms with Crippen LogP contribution in [0.2, 0.25) is 10.0 Å². The van der Waals surface area contributed by atoms with Gasteiger partial charge in [-0.05, 0) is 44.5 Å². The van der Waals surface area contributed by atoms with Crippen molar-refractivity contribution in [1.82, 2.24) is 10.2 Å².